The zero-order valence-corrected chi connectivity index (χ0v) is 18.9. The first kappa shape index (κ1) is 24.1. The van der Waals surface area contributed by atoms with Gasteiger partial charge in [0.05, 0.1) is 0 Å². The van der Waals surface area contributed by atoms with E-state index in [2.05, 4.69) is 46.8 Å². The summed E-state index contributed by atoms with van der Waals surface area (Å²) in [5.74, 6) is 0.995. The van der Waals surface area contributed by atoms with Crippen LogP contribution in [0.25, 0.3) is 0 Å². The van der Waals surface area contributed by atoms with E-state index in [-0.39, 0.29) is 5.41 Å². The Morgan fingerprint density at radius 2 is 1.26 bits per heavy atom. The minimum Gasteiger partial charge on any atom is -0.508 e. The lowest BCUT2D eigenvalue weighted by molar-refractivity contribution is 0.444. The summed E-state index contributed by atoms with van der Waals surface area (Å²) in [6.45, 7) is 11.0. The Morgan fingerprint density at radius 1 is 0.778 bits per heavy atom. The summed E-state index contributed by atoms with van der Waals surface area (Å²) >= 11 is 0. The van der Waals surface area contributed by atoms with Crippen LogP contribution in [0.2, 0.25) is 0 Å². The highest BCUT2D eigenvalue weighted by Gasteiger charge is 2.18. The van der Waals surface area contributed by atoms with Crippen LogP contribution in [-0.4, -0.2) is 5.11 Å². The van der Waals surface area contributed by atoms with E-state index in [4.69, 9.17) is 0 Å². The molecule has 1 aromatic carbocycles. The summed E-state index contributed by atoms with van der Waals surface area (Å²) in [5.41, 5.74) is 2.33. The highest BCUT2D eigenvalue weighted by Crippen LogP contribution is 2.34. The highest BCUT2D eigenvalue weighted by molar-refractivity contribution is 5.41. The molecule has 0 bridgehead atoms. The maximum Gasteiger partial charge on any atom is 0.119 e. The van der Waals surface area contributed by atoms with Gasteiger partial charge < -0.3 is 5.11 Å². The molecule has 1 atom stereocenters. The van der Waals surface area contributed by atoms with Gasteiger partial charge in [-0.2, -0.15) is 0 Å². The molecule has 27 heavy (non-hydrogen) atoms. The van der Waals surface area contributed by atoms with Crippen LogP contribution in [0.4, 0.5) is 0 Å². The smallest absolute Gasteiger partial charge is 0.119 e. The number of hydrogen-bond acceptors (Lipinski definition) is 1. The van der Waals surface area contributed by atoms with Gasteiger partial charge in [-0.25, -0.2) is 0 Å². The van der Waals surface area contributed by atoms with E-state index in [1.54, 1.807) is 0 Å². The monoisotopic (exact) mass is 374 g/mol. The molecule has 1 heteroatoms. The largest absolute Gasteiger partial charge is 0.508 e. The second kappa shape index (κ2) is 13.2. The zero-order valence-electron chi connectivity index (χ0n) is 18.9. The summed E-state index contributed by atoms with van der Waals surface area (Å²) in [4.78, 5) is 0. The summed E-state index contributed by atoms with van der Waals surface area (Å²) < 4.78 is 0. The van der Waals surface area contributed by atoms with Gasteiger partial charge in [-0.05, 0) is 34.9 Å². The molecule has 0 heterocycles. The van der Waals surface area contributed by atoms with Gasteiger partial charge in [0.1, 0.15) is 5.75 Å². The molecule has 1 N–H and O–H groups in total. The van der Waals surface area contributed by atoms with E-state index in [0.717, 1.165) is 5.56 Å². The first-order chi connectivity index (χ1) is 12.9. The van der Waals surface area contributed by atoms with Crippen LogP contribution in [0, 0.1) is 0 Å². The number of phenols is 1. The minimum absolute atomic E-state index is 0.00135. The van der Waals surface area contributed by atoms with Crippen molar-refractivity contribution >= 4 is 0 Å². The van der Waals surface area contributed by atoms with Crippen molar-refractivity contribution in [1.29, 1.82) is 0 Å². The SMILES string of the molecule is CCCCCCCCCCCCCCC(C)c1ccc(C(C)(C)C)c(O)c1. The summed E-state index contributed by atoms with van der Waals surface area (Å²) in [7, 11) is 0. The van der Waals surface area contributed by atoms with Gasteiger partial charge in [0, 0.05) is 0 Å². The maximum atomic E-state index is 10.3. The predicted molar refractivity (Wildman–Crippen MR) is 121 cm³/mol. The fourth-order valence-electron chi connectivity index (χ4n) is 3.95. The quantitative estimate of drug-likeness (QED) is 0.322. The van der Waals surface area contributed by atoms with Crippen molar-refractivity contribution < 1.29 is 5.11 Å². The number of hydrogen-bond donors (Lipinski definition) is 1. The summed E-state index contributed by atoms with van der Waals surface area (Å²) in [6.07, 6.45) is 18.1. The lowest BCUT2D eigenvalue weighted by Crippen LogP contribution is -2.11. The Kier molecular flexibility index (Phi) is 11.8. The molecule has 0 fully saturated rings. The molecule has 0 aliphatic carbocycles. The fraction of sp³-hybridized carbons (Fsp3) is 0.769. The molecule has 0 amide bonds. The van der Waals surface area contributed by atoms with Crippen molar-refractivity contribution in [3.05, 3.63) is 29.3 Å². The number of rotatable bonds is 14. The van der Waals surface area contributed by atoms with Gasteiger partial charge in [-0.3, -0.25) is 0 Å². The van der Waals surface area contributed by atoms with Crippen LogP contribution in [0.15, 0.2) is 18.2 Å². The molecule has 0 radical (unpaired) electrons. The van der Waals surface area contributed by atoms with Crippen LogP contribution in [-0.2, 0) is 5.41 Å². The fourth-order valence-corrected chi connectivity index (χ4v) is 3.95. The first-order valence-corrected chi connectivity index (χ1v) is 11.7. The summed E-state index contributed by atoms with van der Waals surface area (Å²) in [5, 5.41) is 10.3. The lowest BCUT2D eigenvalue weighted by Gasteiger charge is -2.22. The average Bonchev–Trinajstić information content (AvgIpc) is 2.61. The van der Waals surface area contributed by atoms with E-state index in [1.165, 1.54) is 89.0 Å². The zero-order chi connectivity index (χ0) is 20.1. The third-order valence-corrected chi connectivity index (χ3v) is 5.89. The van der Waals surface area contributed by atoms with Crippen molar-refractivity contribution in [2.75, 3.05) is 0 Å². The Balaban J connectivity index is 2.11. The van der Waals surface area contributed by atoms with Crippen molar-refractivity contribution in [1.82, 2.24) is 0 Å². The van der Waals surface area contributed by atoms with Gasteiger partial charge in [0.25, 0.3) is 0 Å². The molecule has 0 aliphatic heterocycles. The molecule has 0 saturated carbocycles. The minimum atomic E-state index is 0.00135. The molecular formula is C26H46O. The third-order valence-electron chi connectivity index (χ3n) is 5.89. The second-order valence-corrected chi connectivity index (χ2v) is 9.61. The predicted octanol–water partition coefficient (Wildman–Crippen LogP) is 8.88. The van der Waals surface area contributed by atoms with E-state index < -0.39 is 0 Å². The van der Waals surface area contributed by atoms with Crippen molar-refractivity contribution in [2.24, 2.45) is 0 Å². The summed E-state index contributed by atoms with van der Waals surface area (Å²) in [6, 6.07) is 6.32. The highest BCUT2D eigenvalue weighted by atomic mass is 16.3. The van der Waals surface area contributed by atoms with Gasteiger partial charge in [-0.1, -0.05) is 124 Å². The third kappa shape index (κ3) is 10.2. The van der Waals surface area contributed by atoms with E-state index in [0.29, 0.717) is 11.7 Å². The van der Waals surface area contributed by atoms with Gasteiger partial charge >= 0.3 is 0 Å². The number of unbranched alkanes of at least 4 members (excludes halogenated alkanes) is 11. The Morgan fingerprint density at radius 3 is 1.70 bits per heavy atom. The molecule has 0 saturated heterocycles. The van der Waals surface area contributed by atoms with Crippen molar-refractivity contribution in [2.45, 2.75) is 129 Å². The molecule has 1 aromatic rings. The molecular weight excluding hydrogens is 328 g/mol. The van der Waals surface area contributed by atoms with Crippen LogP contribution in [0.5, 0.6) is 5.75 Å². The van der Waals surface area contributed by atoms with Gasteiger partial charge in [-0.15, -0.1) is 0 Å². The van der Waals surface area contributed by atoms with Crippen LogP contribution in [0.3, 0.4) is 0 Å². The molecule has 1 nitrogen and oxygen atoms in total. The molecule has 0 spiro atoms. The van der Waals surface area contributed by atoms with Gasteiger partial charge in [0.15, 0.2) is 0 Å². The van der Waals surface area contributed by atoms with Crippen LogP contribution >= 0.6 is 0 Å². The lowest BCUT2D eigenvalue weighted by atomic mass is 9.84. The van der Waals surface area contributed by atoms with Gasteiger partial charge in [0.2, 0.25) is 0 Å². The van der Waals surface area contributed by atoms with Crippen LogP contribution in [0.1, 0.15) is 135 Å². The van der Waals surface area contributed by atoms with Crippen LogP contribution < -0.4 is 0 Å². The molecule has 156 valence electrons. The topological polar surface area (TPSA) is 20.2 Å². The Labute approximate surface area is 170 Å². The average molecular weight is 375 g/mol. The van der Waals surface area contributed by atoms with E-state index in [9.17, 15) is 5.11 Å². The first-order valence-electron chi connectivity index (χ1n) is 11.7. The second-order valence-electron chi connectivity index (χ2n) is 9.61. The normalized spacial score (nSPS) is 13.1. The molecule has 0 aliphatic rings. The number of phenolic OH excluding ortho intramolecular Hbond substituents is 1. The Bertz CT molecular complexity index is 497. The molecule has 1 rings (SSSR count). The molecule has 1 unspecified atom stereocenters. The number of aromatic hydroxyl groups is 1. The molecule has 0 aromatic heterocycles. The van der Waals surface area contributed by atoms with Crippen molar-refractivity contribution in [3.63, 3.8) is 0 Å². The number of benzene rings is 1. The Hall–Kier alpha value is -0.980. The van der Waals surface area contributed by atoms with Crippen molar-refractivity contribution in [3.8, 4) is 5.75 Å². The van der Waals surface area contributed by atoms with E-state index >= 15 is 0 Å². The standard InChI is InChI=1S/C26H46O/c1-6-7-8-9-10-11-12-13-14-15-16-17-18-22(2)23-19-20-24(25(27)21-23)26(3,4)5/h19-22,27H,6-18H2,1-5H3. The maximum absolute atomic E-state index is 10.3. The van der Waals surface area contributed by atoms with E-state index in [1.807, 2.05) is 6.07 Å².